The van der Waals surface area contributed by atoms with Crippen molar-refractivity contribution in [3.8, 4) is 0 Å². The average Bonchev–Trinajstić information content (AvgIpc) is 2.19. The predicted octanol–water partition coefficient (Wildman–Crippen LogP) is 0.541. The molecule has 0 aromatic carbocycles. The van der Waals surface area contributed by atoms with Crippen molar-refractivity contribution in [1.82, 2.24) is 10.6 Å². The molecule has 6 nitrogen and oxygen atoms in total. The molecule has 0 aromatic rings. The van der Waals surface area contributed by atoms with E-state index in [4.69, 9.17) is 4.74 Å². The average molecular weight is 258 g/mol. The molecule has 104 valence electrons. The Labute approximate surface area is 107 Å². The van der Waals surface area contributed by atoms with Crippen LogP contribution >= 0.6 is 0 Å². The van der Waals surface area contributed by atoms with Crippen molar-refractivity contribution in [3.05, 3.63) is 0 Å². The number of alkyl carbamates (subject to hydrolysis) is 1. The van der Waals surface area contributed by atoms with Gasteiger partial charge in [0.1, 0.15) is 11.6 Å². The van der Waals surface area contributed by atoms with Gasteiger partial charge in [0.05, 0.1) is 6.10 Å². The summed E-state index contributed by atoms with van der Waals surface area (Å²) in [5.41, 5.74) is -0.596. The first-order valence-electron chi connectivity index (χ1n) is 6.23. The van der Waals surface area contributed by atoms with E-state index in [1.54, 1.807) is 20.8 Å². The number of hydrogen-bond acceptors (Lipinski definition) is 4. The highest BCUT2D eigenvalue weighted by atomic mass is 16.6. The topological polar surface area (TPSA) is 87.7 Å². The van der Waals surface area contributed by atoms with Crippen molar-refractivity contribution in [2.24, 2.45) is 0 Å². The molecule has 1 heterocycles. The van der Waals surface area contributed by atoms with Crippen LogP contribution in [0.2, 0.25) is 0 Å². The van der Waals surface area contributed by atoms with Crippen LogP contribution in [-0.4, -0.2) is 41.4 Å². The molecule has 0 aliphatic carbocycles. The number of rotatable bonds is 1. The lowest BCUT2D eigenvalue weighted by Gasteiger charge is -2.25. The number of ether oxygens (including phenoxy) is 1. The summed E-state index contributed by atoms with van der Waals surface area (Å²) < 4.78 is 5.10. The van der Waals surface area contributed by atoms with E-state index in [9.17, 15) is 14.7 Å². The van der Waals surface area contributed by atoms with Crippen LogP contribution < -0.4 is 10.6 Å². The predicted molar refractivity (Wildman–Crippen MR) is 66.0 cm³/mol. The van der Waals surface area contributed by atoms with E-state index in [0.717, 1.165) is 0 Å². The van der Waals surface area contributed by atoms with Crippen LogP contribution in [0.1, 0.15) is 40.0 Å². The summed E-state index contributed by atoms with van der Waals surface area (Å²) in [5, 5.41) is 14.7. The minimum Gasteiger partial charge on any atom is -0.444 e. The van der Waals surface area contributed by atoms with Crippen LogP contribution in [0.15, 0.2) is 0 Å². The van der Waals surface area contributed by atoms with Crippen molar-refractivity contribution in [2.45, 2.75) is 57.8 Å². The zero-order chi connectivity index (χ0) is 13.8. The molecule has 6 heteroatoms. The molecule has 0 unspecified atom stereocenters. The van der Waals surface area contributed by atoms with Gasteiger partial charge in [0, 0.05) is 6.54 Å². The van der Waals surface area contributed by atoms with Crippen molar-refractivity contribution in [3.63, 3.8) is 0 Å². The highest BCUT2D eigenvalue weighted by Crippen LogP contribution is 2.10. The molecule has 0 spiro atoms. The second-order valence-corrected chi connectivity index (χ2v) is 5.51. The molecular formula is C12H22N2O4. The lowest BCUT2D eigenvalue weighted by atomic mass is 10.0. The fraction of sp³-hybridized carbons (Fsp3) is 0.833. The van der Waals surface area contributed by atoms with E-state index in [1.807, 2.05) is 0 Å². The minimum atomic E-state index is -0.644. The standard InChI is InChI=1S/C12H22N2O4/c1-12(2,3)18-11(17)14-9-5-4-8(15)6-7-13-10(9)16/h8-9,15H,4-7H2,1-3H3,(H,13,16)(H,14,17)/t8-,9-/m0/s1. The van der Waals surface area contributed by atoms with Gasteiger partial charge in [0.2, 0.25) is 5.91 Å². The molecule has 2 atom stereocenters. The van der Waals surface area contributed by atoms with Gasteiger partial charge in [-0.15, -0.1) is 0 Å². The highest BCUT2D eigenvalue weighted by molar-refractivity contribution is 5.85. The summed E-state index contributed by atoms with van der Waals surface area (Å²) in [6, 6.07) is -0.644. The molecule has 1 saturated heterocycles. The summed E-state index contributed by atoms with van der Waals surface area (Å²) >= 11 is 0. The van der Waals surface area contributed by atoms with E-state index in [0.29, 0.717) is 25.8 Å². The van der Waals surface area contributed by atoms with Gasteiger partial charge < -0.3 is 20.5 Å². The van der Waals surface area contributed by atoms with E-state index in [-0.39, 0.29) is 5.91 Å². The van der Waals surface area contributed by atoms with Crippen molar-refractivity contribution in [1.29, 1.82) is 0 Å². The van der Waals surface area contributed by atoms with Crippen LogP contribution in [-0.2, 0) is 9.53 Å². The van der Waals surface area contributed by atoms with Gasteiger partial charge >= 0.3 is 6.09 Å². The Bertz CT molecular complexity index is 312. The third kappa shape index (κ3) is 5.35. The van der Waals surface area contributed by atoms with Gasteiger partial charge in [0.15, 0.2) is 0 Å². The Morgan fingerprint density at radius 3 is 2.67 bits per heavy atom. The number of nitrogens with one attached hydrogen (secondary N) is 2. The van der Waals surface area contributed by atoms with Crippen LogP contribution in [0.4, 0.5) is 4.79 Å². The number of carbonyl (C=O) groups is 2. The fourth-order valence-electron chi connectivity index (χ4n) is 1.71. The number of aliphatic hydroxyl groups excluding tert-OH is 1. The normalized spacial score (nSPS) is 25.7. The van der Waals surface area contributed by atoms with Crippen LogP contribution in [0.25, 0.3) is 0 Å². The lowest BCUT2D eigenvalue weighted by Crippen LogP contribution is -2.50. The first kappa shape index (κ1) is 14.8. The highest BCUT2D eigenvalue weighted by Gasteiger charge is 2.26. The Kier molecular flexibility index (Phi) is 4.95. The third-order valence-electron chi connectivity index (χ3n) is 2.57. The Morgan fingerprint density at radius 1 is 1.39 bits per heavy atom. The SMILES string of the molecule is CC(C)(C)OC(=O)N[C@H]1CC[C@H](O)CCNC1=O. The molecule has 0 bridgehead atoms. The third-order valence-corrected chi connectivity index (χ3v) is 2.57. The van der Waals surface area contributed by atoms with E-state index < -0.39 is 23.8 Å². The first-order valence-corrected chi connectivity index (χ1v) is 6.23. The molecule has 18 heavy (non-hydrogen) atoms. The lowest BCUT2D eigenvalue weighted by molar-refractivity contribution is -0.124. The second-order valence-electron chi connectivity index (χ2n) is 5.51. The summed E-state index contributed by atoms with van der Waals surface area (Å²) in [6.45, 7) is 5.70. The van der Waals surface area contributed by atoms with Crippen LogP contribution in [0, 0.1) is 0 Å². The zero-order valence-electron chi connectivity index (χ0n) is 11.2. The number of carbonyl (C=O) groups excluding carboxylic acids is 2. The van der Waals surface area contributed by atoms with Gasteiger partial charge in [-0.3, -0.25) is 4.79 Å². The summed E-state index contributed by atoms with van der Waals surface area (Å²) in [7, 11) is 0. The Balaban J connectivity index is 2.51. The molecule has 2 amide bonds. The molecule has 1 rings (SSSR count). The molecular weight excluding hydrogens is 236 g/mol. The molecule has 0 aromatic heterocycles. The first-order chi connectivity index (χ1) is 8.28. The van der Waals surface area contributed by atoms with Gasteiger partial charge in [-0.05, 0) is 40.0 Å². The van der Waals surface area contributed by atoms with Crippen LogP contribution in [0.3, 0.4) is 0 Å². The molecule has 0 saturated carbocycles. The maximum atomic E-state index is 11.7. The molecule has 3 N–H and O–H groups in total. The van der Waals surface area contributed by atoms with Crippen molar-refractivity contribution >= 4 is 12.0 Å². The Morgan fingerprint density at radius 2 is 2.06 bits per heavy atom. The van der Waals surface area contributed by atoms with Crippen LogP contribution in [0.5, 0.6) is 0 Å². The summed E-state index contributed by atoms with van der Waals surface area (Å²) in [5.74, 6) is -0.229. The van der Waals surface area contributed by atoms with E-state index >= 15 is 0 Å². The zero-order valence-corrected chi connectivity index (χ0v) is 11.2. The largest absolute Gasteiger partial charge is 0.444 e. The van der Waals surface area contributed by atoms with Crippen molar-refractivity contribution in [2.75, 3.05) is 6.54 Å². The number of hydrogen-bond donors (Lipinski definition) is 3. The smallest absolute Gasteiger partial charge is 0.408 e. The number of aliphatic hydroxyl groups is 1. The molecule has 1 fully saturated rings. The monoisotopic (exact) mass is 258 g/mol. The maximum absolute atomic E-state index is 11.7. The van der Waals surface area contributed by atoms with E-state index in [1.165, 1.54) is 0 Å². The molecule has 1 aliphatic heterocycles. The van der Waals surface area contributed by atoms with Gasteiger partial charge in [-0.25, -0.2) is 4.79 Å². The fourth-order valence-corrected chi connectivity index (χ4v) is 1.71. The van der Waals surface area contributed by atoms with Crippen molar-refractivity contribution < 1.29 is 19.4 Å². The Hall–Kier alpha value is -1.30. The van der Waals surface area contributed by atoms with Gasteiger partial charge in [0.25, 0.3) is 0 Å². The quantitative estimate of drug-likeness (QED) is 0.640. The summed E-state index contributed by atoms with van der Waals surface area (Å²) in [4.78, 5) is 23.3. The second kappa shape index (κ2) is 6.04. The molecule has 1 aliphatic rings. The van der Waals surface area contributed by atoms with E-state index in [2.05, 4.69) is 10.6 Å². The number of amides is 2. The van der Waals surface area contributed by atoms with Gasteiger partial charge in [-0.1, -0.05) is 0 Å². The van der Waals surface area contributed by atoms with Gasteiger partial charge in [-0.2, -0.15) is 0 Å². The summed E-state index contributed by atoms with van der Waals surface area (Å²) in [6.07, 6.45) is 0.400. The minimum absolute atomic E-state index is 0.229. The maximum Gasteiger partial charge on any atom is 0.408 e. The molecule has 0 radical (unpaired) electrons.